The van der Waals surface area contributed by atoms with Gasteiger partial charge in [-0.2, -0.15) is 5.10 Å². The molecule has 7 nitrogen and oxygen atoms in total. The van der Waals surface area contributed by atoms with E-state index in [1.165, 1.54) is 25.3 Å². The third kappa shape index (κ3) is 4.99. The number of methoxy groups -OCH3 is 1. The monoisotopic (exact) mass is 410 g/mol. The average Bonchev–Trinajstić information content (AvgIpc) is 2.62. The fourth-order valence-electron chi connectivity index (χ4n) is 2.12. The summed E-state index contributed by atoms with van der Waals surface area (Å²) in [5.74, 6) is -0.689. The first-order valence-electron chi connectivity index (χ1n) is 7.95. The average molecular weight is 411 g/mol. The minimum absolute atomic E-state index is 0.00174. The van der Waals surface area contributed by atoms with Crippen molar-refractivity contribution in [2.75, 3.05) is 19.1 Å². The first-order chi connectivity index (χ1) is 12.8. The Morgan fingerprint density at radius 1 is 1.19 bits per heavy atom. The molecule has 0 bridgehead atoms. The number of halogens is 1. The van der Waals surface area contributed by atoms with E-state index in [2.05, 4.69) is 10.5 Å². The highest BCUT2D eigenvalue weighted by Gasteiger charge is 2.31. The molecular formula is C18H19ClN2O5S. The van der Waals surface area contributed by atoms with Crippen LogP contribution in [0.2, 0.25) is 5.02 Å². The second-order valence-corrected chi connectivity index (χ2v) is 7.71. The van der Waals surface area contributed by atoms with Crippen molar-refractivity contribution in [2.45, 2.75) is 18.7 Å². The molecule has 0 atom stereocenters. The van der Waals surface area contributed by atoms with Gasteiger partial charge < -0.3 is 9.47 Å². The molecular weight excluding hydrogens is 392 g/mol. The number of ether oxygens (including phenoxy) is 2. The summed E-state index contributed by atoms with van der Waals surface area (Å²) in [6.45, 7) is 3.40. The maximum atomic E-state index is 12.9. The number of nitrogens with one attached hydrogen (secondary N) is 1. The molecule has 0 heterocycles. The Bertz CT molecular complexity index is 956. The van der Waals surface area contributed by atoms with Crippen LogP contribution in [-0.4, -0.2) is 33.1 Å². The van der Waals surface area contributed by atoms with E-state index in [4.69, 9.17) is 21.1 Å². The van der Waals surface area contributed by atoms with Gasteiger partial charge in [0.05, 0.1) is 24.3 Å². The van der Waals surface area contributed by atoms with Crippen LogP contribution in [0.25, 0.3) is 0 Å². The zero-order chi connectivity index (χ0) is 20.0. The van der Waals surface area contributed by atoms with Crippen LogP contribution < -0.4 is 10.2 Å². The molecule has 1 N–H and O–H groups in total. The summed E-state index contributed by atoms with van der Waals surface area (Å²) >= 11 is 5.95. The number of hydrogen-bond donors (Lipinski definition) is 1. The quantitative estimate of drug-likeness (QED) is 0.351. The first kappa shape index (κ1) is 20.7. The topological polar surface area (TPSA) is 94.1 Å². The number of carbonyl (C=O) groups is 1. The van der Waals surface area contributed by atoms with Crippen LogP contribution in [0.5, 0.6) is 5.75 Å². The highest BCUT2D eigenvalue weighted by Crippen LogP contribution is 2.28. The second-order valence-electron chi connectivity index (χ2n) is 5.41. The number of sulfone groups is 1. The number of rotatable bonds is 5. The molecule has 0 saturated carbocycles. The van der Waals surface area contributed by atoms with Crippen molar-refractivity contribution >= 4 is 38.1 Å². The zero-order valence-electron chi connectivity index (χ0n) is 15.0. The van der Waals surface area contributed by atoms with Crippen LogP contribution >= 0.6 is 11.6 Å². The third-order valence-electron chi connectivity index (χ3n) is 3.48. The minimum Gasteiger partial charge on any atom is -0.495 e. The lowest BCUT2D eigenvalue weighted by atomic mass is 10.2. The van der Waals surface area contributed by atoms with Crippen LogP contribution in [-0.2, 0) is 19.4 Å². The maximum Gasteiger partial charge on any atom is 0.371 e. The van der Waals surface area contributed by atoms with Gasteiger partial charge in [-0.1, -0.05) is 29.3 Å². The summed E-state index contributed by atoms with van der Waals surface area (Å²) in [5, 5.41) is 3.41. The highest BCUT2D eigenvalue weighted by molar-refractivity contribution is 8.08. The lowest BCUT2D eigenvalue weighted by Crippen LogP contribution is -2.28. The van der Waals surface area contributed by atoms with E-state index in [1.807, 2.05) is 6.92 Å². The van der Waals surface area contributed by atoms with Gasteiger partial charge in [-0.3, -0.25) is 5.43 Å². The molecule has 0 amide bonds. The van der Waals surface area contributed by atoms with Crippen molar-refractivity contribution in [3.8, 4) is 5.75 Å². The van der Waals surface area contributed by atoms with Gasteiger partial charge in [0.1, 0.15) is 5.75 Å². The molecule has 0 aliphatic carbocycles. The predicted molar refractivity (Wildman–Crippen MR) is 104 cm³/mol. The Hall–Kier alpha value is -2.58. The number of nitrogens with zero attached hydrogens (tertiary/aromatic N) is 1. The fraction of sp³-hybridized carbons (Fsp3) is 0.222. The standard InChI is InChI=1S/C18H19ClN2O5S/c1-4-26-18(22)17(27(23,24)14-8-5-12(2)6-9-14)21-20-15-11-13(19)7-10-16(15)25-3/h5-11,20H,4H2,1-3H3/b21-17-. The Morgan fingerprint density at radius 2 is 1.85 bits per heavy atom. The molecule has 2 aromatic carbocycles. The van der Waals surface area contributed by atoms with Crippen molar-refractivity contribution in [1.82, 2.24) is 0 Å². The van der Waals surface area contributed by atoms with Crippen molar-refractivity contribution in [2.24, 2.45) is 5.10 Å². The fourth-order valence-corrected chi connectivity index (χ4v) is 3.45. The van der Waals surface area contributed by atoms with E-state index in [0.717, 1.165) is 5.56 Å². The molecule has 0 spiro atoms. The molecule has 0 unspecified atom stereocenters. The summed E-state index contributed by atoms with van der Waals surface area (Å²) < 4.78 is 35.8. The first-order valence-corrected chi connectivity index (χ1v) is 9.81. The molecule has 144 valence electrons. The Morgan fingerprint density at radius 3 is 2.44 bits per heavy atom. The molecule has 0 fully saturated rings. The van der Waals surface area contributed by atoms with Crippen molar-refractivity contribution in [3.63, 3.8) is 0 Å². The van der Waals surface area contributed by atoms with E-state index < -0.39 is 20.9 Å². The molecule has 0 aromatic heterocycles. The normalized spacial score (nSPS) is 11.8. The van der Waals surface area contributed by atoms with E-state index >= 15 is 0 Å². The third-order valence-corrected chi connectivity index (χ3v) is 5.37. The molecule has 27 heavy (non-hydrogen) atoms. The van der Waals surface area contributed by atoms with Gasteiger partial charge in [0.2, 0.25) is 9.84 Å². The zero-order valence-corrected chi connectivity index (χ0v) is 16.6. The Labute approximate surface area is 162 Å². The smallest absolute Gasteiger partial charge is 0.371 e. The summed E-state index contributed by atoms with van der Waals surface area (Å²) in [4.78, 5) is 12.2. The van der Waals surface area contributed by atoms with Gasteiger partial charge in [0, 0.05) is 5.02 Å². The summed E-state index contributed by atoms with van der Waals surface area (Å²) in [6.07, 6.45) is 0. The van der Waals surface area contributed by atoms with E-state index in [-0.39, 0.29) is 11.5 Å². The van der Waals surface area contributed by atoms with E-state index in [0.29, 0.717) is 16.5 Å². The van der Waals surface area contributed by atoms with Gasteiger partial charge in [0.15, 0.2) is 0 Å². The van der Waals surface area contributed by atoms with Crippen molar-refractivity contribution in [1.29, 1.82) is 0 Å². The molecule has 0 aliphatic rings. The number of anilines is 1. The van der Waals surface area contributed by atoms with Crippen molar-refractivity contribution < 1.29 is 22.7 Å². The molecule has 0 radical (unpaired) electrons. The van der Waals surface area contributed by atoms with E-state index in [9.17, 15) is 13.2 Å². The molecule has 2 rings (SSSR count). The lowest BCUT2D eigenvalue weighted by Gasteiger charge is -2.11. The van der Waals surface area contributed by atoms with Gasteiger partial charge in [-0.15, -0.1) is 0 Å². The molecule has 9 heteroatoms. The number of benzene rings is 2. The van der Waals surface area contributed by atoms with Gasteiger partial charge in [-0.25, -0.2) is 13.2 Å². The summed E-state index contributed by atoms with van der Waals surface area (Å²) in [6, 6.07) is 10.7. The molecule has 2 aromatic rings. The van der Waals surface area contributed by atoms with E-state index in [1.54, 1.807) is 31.2 Å². The highest BCUT2D eigenvalue weighted by atomic mass is 35.5. The maximum absolute atomic E-state index is 12.9. The van der Waals surface area contributed by atoms with Gasteiger partial charge in [-0.05, 0) is 44.2 Å². The van der Waals surface area contributed by atoms with Gasteiger partial charge >= 0.3 is 5.97 Å². The van der Waals surface area contributed by atoms with Crippen LogP contribution in [0.3, 0.4) is 0 Å². The van der Waals surface area contributed by atoms with Crippen molar-refractivity contribution in [3.05, 3.63) is 53.1 Å². The second kappa shape index (κ2) is 8.88. The van der Waals surface area contributed by atoms with Crippen LogP contribution in [0.15, 0.2) is 52.5 Å². The number of hydrogen-bond acceptors (Lipinski definition) is 7. The van der Waals surface area contributed by atoms with Crippen LogP contribution in [0, 0.1) is 6.92 Å². The SMILES string of the molecule is CCOC(=O)/C(=N/Nc1cc(Cl)ccc1OC)S(=O)(=O)c1ccc(C)cc1. The number of hydrazone groups is 1. The van der Waals surface area contributed by atoms with Crippen LogP contribution in [0.1, 0.15) is 12.5 Å². The predicted octanol–water partition coefficient (Wildman–Crippen LogP) is 3.42. The van der Waals surface area contributed by atoms with Gasteiger partial charge in [0.25, 0.3) is 5.04 Å². The Kier molecular flexibility index (Phi) is 6.81. The molecule has 0 aliphatic heterocycles. The Balaban J connectivity index is 2.49. The number of aryl methyl sites for hydroxylation is 1. The minimum atomic E-state index is -4.20. The largest absolute Gasteiger partial charge is 0.495 e. The molecule has 0 saturated heterocycles. The number of esters is 1. The summed E-state index contributed by atoms with van der Waals surface area (Å²) in [5.41, 5.74) is 3.71. The van der Waals surface area contributed by atoms with Crippen LogP contribution in [0.4, 0.5) is 5.69 Å². The number of carbonyl (C=O) groups excluding carboxylic acids is 1. The summed E-state index contributed by atoms with van der Waals surface area (Å²) in [7, 11) is -2.76. The lowest BCUT2D eigenvalue weighted by molar-refractivity contribution is -0.134.